The second kappa shape index (κ2) is 7.28. The van der Waals surface area contributed by atoms with Crippen LogP contribution in [0.15, 0.2) is 47.4 Å². The van der Waals surface area contributed by atoms with Gasteiger partial charge in [0.05, 0.1) is 0 Å². The first-order valence-corrected chi connectivity index (χ1v) is 6.59. The van der Waals surface area contributed by atoms with Crippen molar-refractivity contribution in [1.29, 1.82) is 0 Å². The Kier molecular flexibility index (Phi) is 5.16. The molecular weight excluding hydrogens is 310 g/mol. The number of pyridine rings is 1. The van der Waals surface area contributed by atoms with Crippen LogP contribution in [-0.2, 0) is 4.79 Å². The van der Waals surface area contributed by atoms with Crippen molar-refractivity contribution in [2.75, 3.05) is 6.61 Å². The Morgan fingerprint density at radius 1 is 1.14 bits per heavy atom. The molecule has 0 bridgehead atoms. The minimum absolute atomic E-state index is 0.110. The number of rotatable bonds is 4. The van der Waals surface area contributed by atoms with E-state index in [4.69, 9.17) is 16.3 Å². The summed E-state index contributed by atoms with van der Waals surface area (Å²) in [5.41, 5.74) is 3.61. The van der Waals surface area contributed by atoms with E-state index in [1.807, 2.05) is 0 Å². The molecule has 0 atom stereocenters. The number of hydrazine groups is 1. The largest absolute Gasteiger partial charge is 0.484 e. The van der Waals surface area contributed by atoms with Gasteiger partial charge < -0.3 is 9.72 Å². The van der Waals surface area contributed by atoms with Crippen LogP contribution in [0.4, 0.5) is 0 Å². The highest BCUT2D eigenvalue weighted by Crippen LogP contribution is 2.15. The van der Waals surface area contributed by atoms with Crippen LogP contribution in [0.5, 0.6) is 5.75 Å². The molecule has 2 rings (SSSR count). The molecule has 0 aliphatic carbocycles. The molecule has 8 heteroatoms. The molecule has 0 aliphatic heterocycles. The third-order valence-corrected chi connectivity index (χ3v) is 2.81. The van der Waals surface area contributed by atoms with Gasteiger partial charge in [0.1, 0.15) is 11.3 Å². The van der Waals surface area contributed by atoms with Crippen LogP contribution in [0, 0.1) is 0 Å². The Morgan fingerprint density at radius 3 is 2.55 bits per heavy atom. The van der Waals surface area contributed by atoms with Gasteiger partial charge in [-0.15, -0.1) is 0 Å². The maximum atomic E-state index is 11.7. The van der Waals surface area contributed by atoms with Crippen molar-refractivity contribution in [3.8, 4) is 5.75 Å². The molecule has 1 aromatic heterocycles. The molecule has 0 saturated heterocycles. The number of nitrogens with one attached hydrogen (secondary N) is 3. The Labute approximate surface area is 130 Å². The van der Waals surface area contributed by atoms with E-state index in [0.717, 1.165) is 0 Å². The fourth-order valence-electron chi connectivity index (χ4n) is 1.51. The van der Waals surface area contributed by atoms with E-state index in [9.17, 15) is 14.4 Å². The third-order valence-electron chi connectivity index (χ3n) is 2.56. The quantitative estimate of drug-likeness (QED) is 0.727. The van der Waals surface area contributed by atoms with Gasteiger partial charge >= 0.3 is 0 Å². The van der Waals surface area contributed by atoms with Crippen molar-refractivity contribution in [3.63, 3.8) is 0 Å². The van der Waals surface area contributed by atoms with Crippen LogP contribution in [-0.4, -0.2) is 23.4 Å². The standard InChI is InChI=1S/C14H12ClN3O4/c15-9-3-5-10(6-4-9)22-8-12(19)17-18-14(21)11-2-1-7-16-13(11)20/h1-7H,8H2,(H,16,20)(H,17,19)(H,18,21). The summed E-state index contributed by atoms with van der Waals surface area (Å²) in [6.07, 6.45) is 1.40. The predicted molar refractivity (Wildman–Crippen MR) is 79.6 cm³/mol. The lowest BCUT2D eigenvalue weighted by molar-refractivity contribution is -0.123. The van der Waals surface area contributed by atoms with Gasteiger partial charge in [0.25, 0.3) is 17.4 Å². The zero-order valence-electron chi connectivity index (χ0n) is 11.3. The molecular formula is C14H12ClN3O4. The maximum Gasteiger partial charge on any atom is 0.276 e. The van der Waals surface area contributed by atoms with Gasteiger partial charge in [-0.2, -0.15) is 0 Å². The van der Waals surface area contributed by atoms with Crippen LogP contribution in [0.25, 0.3) is 0 Å². The van der Waals surface area contributed by atoms with Crippen LogP contribution in [0.1, 0.15) is 10.4 Å². The summed E-state index contributed by atoms with van der Waals surface area (Å²) in [7, 11) is 0. The van der Waals surface area contributed by atoms with Gasteiger partial charge in [-0.25, -0.2) is 0 Å². The van der Waals surface area contributed by atoms with Gasteiger partial charge in [0.15, 0.2) is 6.61 Å². The first-order chi connectivity index (χ1) is 10.6. The molecule has 114 valence electrons. The molecule has 0 saturated carbocycles. The van der Waals surface area contributed by atoms with E-state index >= 15 is 0 Å². The number of hydrogen-bond acceptors (Lipinski definition) is 4. The number of benzene rings is 1. The Hall–Kier alpha value is -2.80. The summed E-state index contributed by atoms with van der Waals surface area (Å²) < 4.78 is 5.19. The fraction of sp³-hybridized carbons (Fsp3) is 0.0714. The van der Waals surface area contributed by atoms with E-state index in [1.54, 1.807) is 24.3 Å². The monoisotopic (exact) mass is 321 g/mol. The zero-order chi connectivity index (χ0) is 15.9. The summed E-state index contributed by atoms with van der Waals surface area (Å²) in [5.74, 6) is -0.831. The molecule has 0 aliphatic rings. The molecule has 1 aromatic carbocycles. The highest BCUT2D eigenvalue weighted by molar-refractivity contribution is 6.30. The minimum atomic E-state index is -0.721. The summed E-state index contributed by atoms with van der Waals surface area (Å²) in [6.45, 7) is -0.299. The van der Waals surface area contributed by atoms with Crippen LogP contribution in [0.3, 0.4) is 0 Å². The van der Waals surface area contributed by atoms with Crippen LogP contribution >= 0.6 is 11.6 Å². The number of halogens is 1. The molecule has 2 amide bonds. The number of H-pyrrole nitrogens is 1. The van der Waals surface area contributed by atoms with Crippen LogP contribution < -0.4 is 21.1 Å². The van der Waals surface area contributed by atoms with Crippen molar-refractivity contribution in [3.05, 3.63) is 63.5 Å². The van der Waals surface area contributed by atoms with E-state index in [1.165, 1.54) is 18.3 Å². The molecule has 0 radical (unpaired) electrons. The fourth-order valence-corrected chi connectivity index (χ4v) is 1.64. The lowest BCUT2D eigenvalue weighted by Crippen LogP contribution is -2.45. The van der Waals surface area contributed by atoms with Gasteiger partial charge in [-0.05, 0) is 36.4 Å². The molecule has 1 heterocycles. The molecule has 3 N–H and O–H groups in total. The normalized spacial score (nSPS) is 9.86. The maximum absolute atomic E-state index is 11.7. The number of hydrogen-bond donors (Lipinski definition) is 3. The smallest absolute Gasteiger partial charge is 0.276 e. The lowest BCUT2D eigenvalue weighted by Gasteiger charge is -2.08. The number of carbonyl (C=O) groups excluding carboxylic acids is 2. The van der Waals surface area contributed by atoms with Crippen molar-refractivity contribution in [2.45, 2.75) is 0 Å². The Balaban J connectivity index is 1.80. The Morgan fingerprint density at radius 2 is 1.86 bits per heavy atom. The van der Waals surface area contributed by atoms with Gasteiger partial charge in [-0.1, -0.05) is 11.6 Å². The third kappa shape index (κ3) is 4.35. The highest BCUT2D eigenvalue weighted by atomic mass is 35.5. The van der Waals surface area contributed by atoms with Crippen molar-refractivity contribution < 1.29 is 14.3 Å². The van der Waals surface area contributed by atoms with E-state index in [2.05, 4.69) is 15.8 Å². The first-order valence-electron chi connectivity index (χ1n) is 6.21. The van der Waals surface area contributed by atoms with E-state index in [0.29, 0.717) is 10.8 Å². The zero-order valence-corrected chi connectivity index (χ0v) is 12.0. The number of aromatic nitrogens is 1. The minimum Gasteiger partial charge on any atom is -0.484 e. The van der Waals surface area contributed by atoms with Gasteiger partial charge in [0.2, 0.25) is 0 Å². The summed E-state index contributed by atoms with van der Waals surface area (Å²) in [4.78, 5) is 37.0. The summed E-state index contributed by atoms with van der Waals surface area (Å²) in [5, 5.41) is 0.553. The van der Waals surface area contributed by atoms with E-state index in [-0.39, 0.29) is 12.2 Å². The number of carbonyl (C=O) groups is 2. The topological polar surface area (TPSA) is 100 Å². The summed E-state index contributed by atoms with van der Waals surface area (Å²) >= 11 is 5.72. The molecule has 0 unspecified atom stereocenters. The van der Waals surface area contributed by atoms with Crippen molar-refractivity contribution in [1.82, 2.24) is 15.8 Å². The number of amides is 2. The highest BCUT2D eigenvalue weighted by Gasteiger charge is 2.10. The Bertz CT molecular complexity index is 727. The number of ether oxygens (including phenoxy) is 1. The molecule has 0 fully saturated rings. The average molecular weight is 322 g/mol. The molecule has 7 nitrogen and oxygen atoms in total. The predicted octanol–water partition coefficient (Wildman–Crippen LogP) is 0.868. The second-order valence-electron chi connectivity index (χ2n) is 4.16. The summed E-state index contributed by atoms with van der Waals surface area (Å²) in [6, 6.07) is 9.30. The van der Waals surface area contributed by atoms with Gasteiger partial charge in [0, 0.05) is 11.2 Å². The second-order valence-corrected chi connectivity index (χ2v) is 4.59. The van der Waals surface area contributed by atoms with Crippen LogP contribution in [0.2, 0.25) is 5.02 Å². The van der Waals surface area contributed by atoms with Crippen molar-refractivity contribution >= 4 is 23.4 Å². The van der Waals surface area contributed by atoms with Crippen molar-refractivity contribution in [2.24, 2.45) is 0 Å². The molecule has 2 aromatic rings. The van der Waals surface area contributed by atoms with E-state index < -0.39 is 17.4 Å². The number of aromatic amines is 1. The lowest BCUT2D eigenvalue weighted by atomic mass is 10.3. The molecule has 0 spiro atoms. The first kappa shape index (κ1) is 15.6. The van der Waals surface area contributed by atoms with Gasteiger partial charge in [-0.3, -0.25) is 25.2 Å². The SMILES string of the molecule is O=C(COc1ccc(Cl)cc1)NNC(=O)c1ccc[nH]c1=O. The average Bonchev–Trinajstić information content (AvgIpc) is 2.52. The molecule has 22 heavy (non-hydrogen) atoms.